The Balaban J connectivity index is 1.36. The summed E-state index contributed by atoms with van der Waals surface area (Å²) in [6, 6.07) is 6.96. The Hall–Kier alpha value is -1.50. The average Bonchev–Trinajstić information content (AvgIpc) is 2.62. The van der Waals surface area contributed by atoms with Crippen molar-refractivity contribution in [2.75, 3.05) is 52.5 Å². The van der Waals surface area contributed by atoms with Gasteiger partial charge in [0.05, 0.1) is 18.1 Å². The van der Waals surface area contributed by atoms with Gasteiger partial charge in [0.15, 0.2) is 0 Å². The number of piperidine rings is 1. The average molecular weight is 333 g/mol. The van der Waals surface area contributed by atoms with E-state index in [4.69, 9.17) is 4.74 Å². The first-order valence-corrected chi connectivity index (χ1v) is 8.96. The fourth-order valence-electron chi connectivity index (χ4n) is 3.61. The second kappa shape index (κ2) is 8.55. The fourth-order valence-corrected chi connectivity index (χ4v) is 3.61. The summed E-state index contributed by atoms with van der Waals surface area (Å²) in [6.45, 7) is 8.54. The normalized spacial score (nSPS) is 21.0. The van der Waals surface area contributed by atoms with Crippen LogP contribution < -0.4 is 0 Å². The number of morpholine rings is 1. The quantitative estimate of drug-likeness (QED) is 0.590. The second-order valence-electron chi connectivity index (χ2n) is 6.87. The molecule has 2 aliphatic heterocycles. The van der Waals surface area contributed by atoms with Crippen molar-refractivity contribution in [2.24, 2.45) is 5.92 Å². The Bertz CT molecular complexity index is 521. The summed E-state index contributed by atoms with van der Waals surface area (Å²) in [5, 5.41) is 10.7. The van der Waals surface area contributed by atoms with Gasteiger partial charge in [0.2, 0.25) is 0 Å². The van der Waals surface area contributed by atoms with Crippen LogP contribution >= 0.6 is 0 Å². The number of ether oxygens (including phenoxy) is 1. The Morgan fingerprint density at radius 1 is 1.04 bits per heavy atom. The van der Waals surface area contributed by atoms with Gasteiger partial charge < -0.3 is 9.64 Å². The van der Waals surface area contributed by atoms with Crippen LogP contribution in [-0.2, 0) is 11.2 Å². The SMILES string of the molecule is O=[N+]([O-])c1ccc(CCN2CCC(CN3CCOCC3)CC2)cc1. The molecule has 6 heteroatoms. The molecule has 1 aromatic carbocycles. The smallest absolute Gasteiger partial charge is 0.269 e. The molecule has 0 aliphatic carbocycles. The number of benzene rings is 1. The highest BCUT2D eigenvalue weighted by molar-refractivity contribution is 5.32. The van der Waals surface area contributed by atoms with Crippen molar-refractivity contribution >= 4 is 5.69 Å². The molecule has 2 saturated heterocycles. The Labute approximate surface area is 143 Å². The number of nitrogens with zero attached hydrogens (tertiary/aromatic N) is 3. The second-order valence-corrected chi connectivity index (χ2v) is 6.87. The van der Waals surface area contributed by atoms with E-state index >= 15 is 0 Å². The van der Waals surface area contributed by atoms with Gasteiger partial charge in [-0.2, -0.15) is 0 Å². The van der Waals surface area contributed by atoms with E-state index in [1.54, 1.807) is 12.1 Å². The van der Waals surface area contributed by atoms with Gasteiger partial charge in [-0.15, -0.1) is 0 Å². The molecule has 6 nitrogen and oxygen atoms in total. The zero-order valence-corrected chi connectivity index (χ0v) is 14.2. The van der Waals surface area contributed by atoms with Crippen LogP contribution in [0.25, 0.3) is 0 Å². The van der Waals surface area contributed by atoms with Gasteiger partial charge in [-0.3, -0.25) is 15.0 Å². The van der Waals surface area contributed by atoms with Gasteiger partial charge in [-0.1, -0.05) is 12.1 Å². The number of non-ortho nitro benzene ring substituents is 1. The molecule has 0 saturated carbocycles. The highest BCUT2D eigenvalue weighted by Crippen LogP contribution is 2.20. The third-order valence-corrected chi connectivity index (χ3v) is 5.19. The summed E-state index contributed by atoms with van der Waals surface area (Å²) in [7, 11) is 0. The van der Waals surface area contributed by atoms with Gasteiger partial charge in [0.25, 0.3) is 5.69 Å². The van der Waals surface area contributed by atoms with Crippen molar-refractivity contribution in [1.29, 1.82) is 0 Å². The Morgan fingerprint density at radius 3 is 2.33 bits per heavy atom. The van der Waals surface area contributed by atoms with E-state index in [1.807, 2.05) is 12.1 Å². The molecule has 2 aliphatic rings. The molecule has 2 heterocycles. The molecule has 1 aromatic rings. The molecule has 0 aromatic heterocycles. The number of hydrogen-bond donors (Lipinski definition) is 0. The number of rotatable bonds is 6. The first-order chi connectivity index (χ1) is 11.7. The molecule has 0 bridgehead atoms. The largest absolute Gasteiger partial charge is 0.379 e. The third kappa shape index (κ3) is 5.00. The van der Waals surface area contributed by atoms with Crippen molar-refractivity contribution in [1.82, 2.24) is 9.80 Å². The molecule has 3 rings (SSSR count). The van der Waals surface area contributed by atoms with E-state index in [1.165, 1.54) is 38.0 Å². The van der Waals surface area contributed by atoms with Crippen molar-refractivity contribution in [3.05, 3.63) is 39.9 Å². The van der Waals surface area contributed by atoms with Crippen molar-refractivity contribution in [2.45, 2.75) is 19.3 Å². The van der Waals surface area contributed by atoms with Crippen molar-refractivity contribution < 1.29 is 9.66 Å². The topological polar surface area (TPSA) is 58.9 Å². The predicted octanol–water partition coefficient (Wildman–Crippen LogP) is 2.18. The molecule has 2 fully saturated rings. The number of nitro groups is 1. The number of hydrogen-bond acceptors (Lipinski definition) is 5. The number of likely N-dealkylation sites (tertiary alicyclic amines) is 1. The molecule has 0 unspecified atom stereocenters. The fraction of sp³-hybridized carbons (Fsp3) is 0.667. The summed E-state index contributed by atoms with van der Waals surface area (Å²) in [5.41, 5.74) is 1.35. The molecule has 0 atom stereocenters. The lowest BCUT2D eigenvalue weighted by Crippen LogP contribution is -2.43. The zero-order chi connectivity index (χ0) is 16.8. The van der Waals surface area contributed by atoms with Crippen LogP contribution in [0.1, 0.15) is 18.4 Å². The lowest BCUT2D eigenvalue weighted by Gasteiger charge is -2.36. The Kier molecular flexibility index (Phi) is 6.18. The lowest BCUT2D eigenvalue weighted by molar-refractivity contribution is -0.384. The molecular formula is C18H27N3O3. The molecule has 0 spiro atoms. The van der Waals surface area contributed by atoms with E-state index in [9.17, 15) is 10.1 Å². The molecular weight excluding hydrogens is 306 g/mol. The van der Waals surface area contributed by atoms with Gasteiger partial charge in [-0.05, 0) is 43.8 Å². The summed E-state index contributed by atoms with van der Waals surface area (Å²) in [6.07, 6.45) is 3.52. The summed E-state index contributed by atoms with van der Waals surface area (Å²) >= 11 is 0. The van der Waals surface area contributed by atoms with Crippen LogP contribution in [0.3, 0.4) is 0 Å². The zero-order valence-electron chi connectivity index (χ0n) is 14.2. The van der Waals surface area contributed by atoms with Crippen LogP contribution in [0.4, 0.5) is 5.69 Å². The standard InChI is InChI=1S/C18H27N3O3/c22-21(23)18-3-1-16(2-4-18)5-8-19-9-6-17(7-10-19)15-20-11-13-24-14-12-20/h1-4,17H,5-15H2. The monoisotopic (exact) mass is 333 g/mol. The van der Waals surface area contributed by atoms with Crippen molar-refractivity contribution in [3.63, 3.8) is 0 Å². The summed E-state index contributed by atoms with van der Waals surface area (Å²) < 4.78 is 5.41. The van der Waals surface area contributed by atoms with E-state index < -0.39 is 0 Å². The minimum atomic E-state index is -0.344. The first kappa shape index (κ1) is 17.3. The number of nitro benzene ring substituents is 1. The van der Waals surface area contributed by atoms with Crippen LogP contribution in [0.15, 0.2) is 24.3 Å². The van der Waals surface area contributed by atoms with E-state index in [0.29, 0.717) is 0 Å². The van der Waals surface area contributed by atoms with E-state index in [2.05, 4.69) is 9.80 Å². The first-order valence-electron chi connectivity index (χ1n) is 8.96. The van der Waals surface area contributed by atoms with Crippen LogP contribution in [0, 0.1) is 16.0 Å². The maximum atomic E-state index is 10.7. The van der Waals surface area contributed by atoms with Gasteiger partial charge in [-0.25, -0.2) is 0 Å². The molecule has 132 valence electrons. The third-order valence-electron chi connectivity index (χ3n) is 5.19. The van der Waals surface area contributed by atoms with E-state index in [0.717, 1.165) is 45.2 Å². The van der Waals surface area contributed by atoms with Crippen LogP contribution in [-0.4, -0.2) is 67.2 Å². The predicted molar refractivity (Wildman–Crippen MR) is 93.2 cm³/mol. The highest BCUT2D eigenvalue weighted by Gasteiger charge is 2.22. The lowest BCUT2D eigenvalue weighted by atomic mass is 9.95. The van der Waals surface area contributed by atoms with E-state index in [-0.39, 0.29) is 10.6 Å². The summed E-state index contributed by atoms with van der Waals surface area (Å²) in [5.74, 6) is 0.818. The maximum absolute atomic E-state index is 10.7. The molecule has 0 amide bonds. The van der Waals surface area contributed by atoms with Gasteiger partial charge in [0, 0.05) is 38.3 Å². The molecule has 24 heavy (non-hydrogen) atoms. The van der Waals surface area contributed by atoms with Gasteiger partial charge in [0.1, 0.15) is 0 Å². The van der Waals surface area contributed by atoms with Crippen LogP contribution in [0.2, 0.25) is 0 Å². The minimum Gasteiger partial charge on any atom is -0.379 e. The molecule has 0 N–H and O–H groups in total. The molecule has 0 radical (unpaired) electrons. The van der Waals surface area contributed by atoms with Crippen molar-refractivity contribution in [3.8, 4) is 0 Å². The maximum Gasteiger partial charge on any atom is 0.269 e. The summed E-state index contributed by atoms with van der Waals surface area (Å²) in [4.78, 5) is 15.4. The minimum absolute atomic E-state index is 0.169. The highest BCUT2D eigenvalue weighted by atomic mass is 16.6. The van der Waals surface area contributed by atoms with Gasteiger partial charge >= 0.3 is 0 Å². The Morgan fingerprint density at radius 2 is 1.71 bits per heavy atom. The van der Waals surface area contributed by atoms with Crippen LogP contribution in [0.5, 0.6) is 0 Å².